The quantitative estimate of drug-likeness (QED) is 0.871. The molecule has 7 nitrogen and oxygen atoms in total. The number of hydrogen-bond acceptors (Lipinski definition) is 4. The fraction of sp³-hybridized carbons (Fsp3) is 0.278. The summed E-state index contributed by atoms with van der Waals surface area (Å²) in [7, 11) is 0. The first-order valence-electron chi connectivity index (χ1n) is 8.08. The summed E-state index contributed by atoms with van der Waals surface area (Å²) in [4.78, 5) is 24.9. The highest BCUT2D eigenvalue weighted by Gasteiger charge is 2.22. The molecule has 2 aromatic rings. The lowest BCUT2D eigenvalue weighted by atomic mass is 9.99. The molecule has 0 atom stereocenters. The van der Waals surface area contributed by atoms with E-state index >= 15 is 0 Å². The number of ether oxygens (including phenoxy) is 1. The van der Waals surface area contributed by atoms with E-state index in [-0.39, 0.29) is 17.3 Å². The summed E-state index contributed by atoms with van der Waals surface area (Å²) in [6.45, 7) is 3.61. The number of H-pyrrole nitrogens is 1. The van der Waals surface area contributed by atoms with Gasteiger partial charge in [0.25, 0.3) is 5.91 Å². The zero-order valence-electron chi connectivity index (χ0n) is 13.9. The minimum atomic E-state index is -1.14. The highest BCUT2D eigenvalue weighted by Crippen LogP contribution is 2.25. The number of aromatic carboxylic acids is 1. The number of amides is 1. The topological polar surface area (TPSA) is 95.5 Å². The Morgan fingerprint density at radius 3 is 2.64 bits per heavy atom. The van der Waals surface area contributed by atoms with Crippen LogP contribution in [0.1, 0.15) is 39.9 Å². The molecule has 0 saturated carbocycles. The average Bonchev–Trinajstić information content (AvgIpc) is 3.13. The Morgan fingerprint density at radius 2 is 2.08 bits per heavy atom. The van der Waals surface area contributed by atoms with E-state index in [2.05, 4.69) is 10.2 Å². The van der Waals surface area contributed by atoms with Gasteiger partial charge in [0.2, 0.25) is 0 Å². The largest absolute Gasteiger partial charge is 0.494 e. The average molecular weight is 341 g/mol. The SMILES string of the molecule is CCOc1ccc(C2=CCN(C(=O)c3cc(C(=O)O)[nH]n3)CC2)cc1. The Balaban J connectivity index is 1.66. The first kappa shape index (κ1) is 16.8. The number of carbonyl (C=O) groups is 2. The van der Waals surface area contributed by atoms with Gasteiger partial charge in [-0.15, -0.1) is 0 Å². The number of hydrogen-bond donors (Lipinski definition) is 2. The van der Waals surface area contributed by atoms with Crippen molar-refractivity contribution in [3.63, 3.8) is 0 Å². The molecule has 1 aromatic carbocycles. The van der Waals surface area contributed by atoms with Crippen molar-refractivity contribution < 1.29 is 19.4 Å². The van der Waals surface area contributed by atoms with Gasteiger partial charge in [0.15, 0.2) is 5.69 Å². The van der Waals surface area contributed by atoms with E-state index in [0.717, 1.165) is 17.7 Å². The monoisotopic (exact) mass is 341 g/mol. The lowest BCUT2D eigenvalue weighted by Gasteiger charge is -2.26. The second-order valence-electron chi connectivity index (χ2n) is 5.66. The number of nitrogens with zero attached hydrogens (tertiary/aromatic N) is 2. The molecule has 2 heterocycles. The van der Waals surface area contributed by atoms with Crippen molar-refractivity contribution in [3.05, 3.63) is 53.4 Å². The van der Waals surface area contributed by atoms with Gasteiger partial charge in [-0.1, -0.05) is 18.2 Å². The maximum atomic E-state index is 12.4. The fourth-order valence-corrected chi connectivity index (χ4v) is 2.75. The van der Waals surface area contributed by atoms with Gasteiger partial charge >= 0.3 is 5.97 Å². The van der Waals surface area contributed by atoms with Crippen LogP contribution >= 0.6 is 0 Å². The summed E-state index contributed by atoms with van der Waals surface area (Å²) in [6.07, 6.45) is 2.75. The molecule has 0 radical (unpaired) electrons. The van der Waals surface area contributed by atoms with E-state index in [9.17, 15) is 9.59 Å². The van der Waals surface area contributed by atoms with Crippen molar-refractivity contribution in [3.8, 4) is 5.75 Å². The Morgan fingerprint density at radius 1 is 1.32 bits per heavy atom. The van der Waals surface area contributed by atoms with Crippen LogP contribution in [0.15, 0.2) is 36.4 Å². The van der Waals surface area contributed by atoms with Gasteiger partial charge in [-0.05, 0) is 36.6 Å². The van der Waals surface area contributed by atoms with Crippen LogP contribution in [0.25, 0.3) is 5.57 Å². The number of carboxylic acids is 1. The van der Waals surface area contributed by atoms with E-state index in [1.165, 1.54) is 11.6 Å². The standard InChI is InChI=1S/C18H19N3O4/c1-2-25-14-5-3-12(4-6-14)13-7-9-21(10-8-13)17(22)15-11-16(18(23)24)20-19-15/h3-7,11H,2,8-10H2,1H3,(H,19,20)(H,23,24). The van der Waals surface area contributed by atoms with Crippen LogP contribution in [0.3, 0.4) is 0 Å². The summed E-state index contributed by atoms with van der Waals surface area (Å²) < 4.78 is 5.44. The Kier molecular flexibility index (Phi) is 4.83. The molecule has 7 heteroatoms. The van der Waals surface area contributed by atoms with Crippen molar-refractivity contribution in [2.75, 3.05) is 19.7 Å². The first-order chi connectivity index (χ1) is 12.1. The van der Waals surface area contributed by atoms with E-state index in [4.69, 9.17) is 9.84 Å². The predicted octanol–water partition coefficient (Wildman–Crippen LogP) is 2.44. The maximum Gasteiger partial charge on any atom is 0.353 e. The highest BCUT2D eigenvalue weighted by atomic mass is 16.5. The number of benzene rings is 1. The number of carbonyl (C=O) groups excluding carboxylic acids is 1. The molecule has 1 amide bonds. The molecule has 0 unspecified atom stereocenters. The van der Waals surface area contributed by atoms with Crippen LogP contribution in [0, 0.1) is 0 Å². The zero-order chi connectivity index (χ0) is 17.8. The van der Waals surface area contributed by atoms with Gasteiger partial charge in [-0.3, -0.25) is 9.89 Å². The third kappa shape index (κ3) is 3.71. The molecule has 2 N–H and O–H groups in total. The van der Waals surface area contributed by atoms with Crippen LogP contribution in [0.2, 0.25) is 0 Å². The van der Waals surface area contributed by atoms with Crippen molar-refractivity contribution in [1.29, 1.82) is 0 Å². The van der Waals surface area contributed by atoms with Crippen LogP contribution in [-0.4, -0.2) is 51.8 Å². The normalized spacial score (nSPS) is 14.1. The van der Waals surface area contributed by atoms with Gasteiger partial charge < -0.3 is 14.7 Å². The highest BCUT2D eigenvalue weighted by molar-refractivity contribution is 5.95. The molecular formula is C18H19N3O4. The molecular weight excluding hydrogens is 322 g/mol. The minimum Gasteiger partial charge on any atom is -0.494 e. The minimum absolute atomic E-state index is 0.0917. The van der Waals surface area contributed by atoms with E-state index in [1.807, 2.05) is 37.3 Å². The Bertz CT molecular complexity index is 808. The number of carboxylic acid groups (broad SMARTS) is 1. The van der Waals surface area contributed by atoms with Gasteiger partial charge in [-0.25, -0.2) is 4.79 Å². The molecule has 3 rings (SSSR count). The van der Waals surface area contributed by atoms with Gasteiger partial charge in [0.1, 0.15) is 11.4 Å². The van der Waals surface area contributed by atoms with E-state index < -0.39 is 5.97 Å². The number of aromatic nitrogens is 2. The number of nitrogens with one attached hydrogen (secondary N) is 1. The zero-order valence-corrected chi connectivity index (χ0v) is 13.9. The molecule has 0 aliphatic carbocycles. The van der Waals surface area contributed by atoms with Crippen LogP contribution in [0.5, 0.6) is 5.75 Å². The molecule has 25 heavy (non-hydrogen) atoms. The third-order valence-corrected chi connectivity index (χ3v) is 4.06. The van der Waals surface area contributed by atoms with E-state index in [1.54, 1.807) is 4.90 Å². The van der Waals surface area contributed by atoms with Crippen molar-refractivity contribution in [2.45, 2.75) is 13.3 Å². The van der Waals surface area contributed by atoms with Crippen molar-refractivity contribution >= 4 is 17.4 Å². The van der Waals surface area contributed by atoms with Gasteiger partial charge in [0, 0.05) is 19.2 Å². The second kappa shape index (κ2) is 7.21. The lowest BCUT2D eigenvalue weighted by molar-refractivity contribution is 0.0690. The molecule has 0 saturated heterocycles. The van der Waals surface area contributed by atoms with Crippen LogP contribution < -0.4 is 4.74 Å². The molecule has 1 aromatic heterocycles. The lowest BCUT2D eigenvalue weighted by Crippen LogP contribution is -2.34. The fourth-order valence-electron chi connectivity index (χ4n) is 2.75. The van der Waals surface area contributed by atoms with E-state index in [0.29, 0.717) is 19.7 Å². The molecule has 1 aliphatic heterocycles. The molecule has 1 aliphatic rings. The molecule has 0 bridgehead atoms. The third-order valence-electron chi connectivity index (χ3n) is 4.06. The Hall–Kier alpha value is -3.09. The predicted molar refractivity (Wildman–Crippen MR) is 91.7 cm³/mol. The van der Waals surface area contributed by atoms with Crippen LogP contribution in [-0.2, 0) is 0 Å². The summed E-state index contributed by atoms with van der Waals surface area (Å²) >= 11 is 0. The number of rotatable bonds is 5. The maximum absolute atomic E-state index is 12.4. The second-order valence-corrected chi connectivity index (χ2v) is 5.66. The van der Waals surface area contributed by atoms with Gasteiger partial charge in [-0.2, -0.15) is 5.10 Å². The number of aromatic amines is 1. The Labute approximate surface area is 144 Å². The van der Waals surface area contributed by atoms with Gasteiger partial charge in [0.05, 0.1) is 6.61 Å². The summed E-state index contributed by atoms with van der Waals surface area (Å²) in [6, 6.07) is 9.17. The van der Waals surface area contributed by atoms with Crippen molar-refractivity contribution in [1.82, 2.24) is 15.1 Å². The summed E-state index contributed by atoms with van der Waals surface area (Å²) in [5, 5.41) is 15.0. The summed E-state index contributed by atoms with van der Waals surface area (Å²) in [5.74, 6) is -0.569. The first-order valence-corrected chi connectivity index (χ1v) is 8.08. The molecule has 0 fully saturated rings. The van der Waals surface area contributed by atoms with Crippen LogP contribution in [0.4, 0.5) is 0 Å². The summed E-state index contributed by atoms with van der Waals surface area (Å²) in [5.41, 5.74) is 2.32. The molecule has 0 spiro atoms. The smallest absolute Gasteiger partial charge is 0.353 e. The van der Waals surface area contributed by atoms with Crippen molar-refractivity contribution in [2.24, 2.45) is 0 Å². The molecule has 130 valence electrons.